The lowest BCUT2D eigenvalue weighted by atomic mass is 10.1. The second-order valence-electron chi connectivity index (χ2n) is 5.28. The van der Waals surface area contributed by atoms with Crippen LogP contribution in [0.15, 0.2) is 30.5 Å². The van der Waals surface area contributed by atoms with E-state index in [4.69, 9.17) is 0 Å². The first-order valence-electron chi connectivity index (χ1n) is 7.18. The molecule has 0 unspecified atom stereocenters. The molecule has 100 valence electrons. The minimum Gasteiger partial charge on any atom is -0.360 e. The number of para-hydroxylation sites is 1. The number of benzene rings is 1. The van der Waals surface area contributed by atoms with Gasteiger partial charge in [-0.25, -0.2) is 0 Å². The van der Waals surface area contributed by atoms with Gasteiger partial charge in [0.25, 0.3) is 5.91 Å². The molecule has 0 saturated heterocycles. The minimum atomic E-state index is 0.173. The lowest BCUT2D eigenvalue weighted by Crippen LogP contribution is -2.38. The molecule has 3 heteroatoms. The van der Waals surface area contributed by atoms with Gasteiger partial charge in [0.15, 0.2) is 0 Å². The van der Waals surface area contributed by atoms with E-state index >= 15 is 0 Å². The molecule has 1 aliphatic carbocycles. The first kappa shape index (κ1) is 12.3. The van der Waals surface area contributed by atoms with Crippen molar-refractivity contribution in [3.8, 4) is 0 Å². The smallest absolute Gasteiger partial charge is 0.256 e. The Kier molecular flexibility index (Phi) is 3.28. The highest BCUT2D eigenvalue weighted by Crippen LogP contribution is 2.26. The number of nitrogens with one attached hydrogen (secondary N) is 1. The van der Waals surface area contributed by atoms with Crippen LogP contribution in [0.3, 0.4) is 0 Å². The van der Waals surface area contributed by atoms with E-state index in [-0.39, 0.29) is 5.91 Å². The van der Waals surface area contributed by atoms with Crippen LogP contribution in [-0.4, -0.2) is 28.4 Å². The maximum atomic E-state index is 12.7. The Labute approximate surface area is 113 Å². The summed E-state index contributed by atoms with van der Waals surface area (Å²) >= 11 is 0. The fourth-order valence-corrected chi connectivity index (χ4v) is 3.19. The van der Waals surface area contributed by atoms with E-state index in [2.05, 4.69) is 11.9 Å². The van der Waals surface area contributed by atoms with Gasteiger partial charge < -0.3 is 9.88 Å². The van der Waals surface area contributed by atoms with Gasteiger partial charge in [-0.05, 0) is 25.8 Å². The van der Waals surface area contributed by atoms with Crippen LogP contribution in [0.25, 0.3) is 10.9 Å². The largest absolute Gasteiger partial charge is 0.360 e. The van der Waals surface area contributed by atoms with E-state index in [1.807, 2.05) is 35.4 Å². The van der Waals surface area contributed by atoms with Crippen LogP contribution < -0.4 is 0 Å². The van der Waals surface area contributed by atoms with Gasteiger partial charge in [0.2, 0.25) is 0 Å². The zero-order chi connectivity index (χ0) is 13.2. The van der Waals surface area contributed by atoms with Gasteiger partial charge in [0.05, 0.1) is 5.56 Å². The second-order valence-corrected chi connectivity index (χ2v) is 5.28. The summed E-state index contributed by atoms with van der Waals surface area (Å²) in [6.45, 7) is 2.87. The van der Waals surface area contributed by atoms with Gasteiger partial charge in [0, 0.05) is 29.7 Å². The number of fused-ring (bicyclic) bond motifs is 1. The van der Waals surface area contributed by atoms with Crippen LogP contribution in [0.1, 0.15) is 43.0 Å². The molecule has 3 nitrogen and oxygen atoms in total. The molecule has 1 fully saturated rings. The van der Waals surface area contributed by atoms with Crippen LogP contribution >= 0.6 is 0 Å². The highest BCUT2D eigenvalue weighted by molar-refractivity contribution is 6.06. The summed E-state index contributed by atoms with van der Waals surface area (Å²) in [6, 6.07) is 8.44. The predicted molar refractivity (Wildman–Crippen MR) is 77.3 cm³/mol. The topological polar surface area (TPSA) is 36.1 Å². The number of carbonyl (C=O) groups is 1. The molecule has 19 heavy (non-hydrogen) atoms. The molecule has 1 aliphatic rings. The van der Waals surface area contributed by atoms with E-state index in [0.717, 1.165) is 35.9 Å². The number of H-pyrrole nitrogens is 1. The summed E-state index contributed by atoms with van der Waals surface area (Å²) in [5, 5.41) is 1.03. The zero-order valence-electron chi connectivity index (χ0n) is 11.4. The summed E-state index contributed by atoms with van der Waals surface area (Å²) in [7, 11) is 0. The molecular weight excluding hydrogens is 236 g/mol. The second kappa shape index (κ2) is 5.08. The number of aromatic amines is 1. The van der Waals surface area contributed by atoms with Gasteiger partial charge >= 0.3 is 0 Å². The molecule has 3 rings (SSSR count). The summed E-state index contributed by atoms with van der Waals surface area (Å²) in [6.07, 6.45) is 6.67. The van der Waals surface area contributed by atoms with Crippen LogP contribution in [0.5, 0.6) is 0 Å². The van der Waals surface area contributed by atoms with Crippen molar-refractivity contribution in [1.29, 1.82) is 0 Å². The average Bonchev–Trinajstić information content (AvgIpc) is 3.08. The molecule has 0 bridgehead atoms. The molecule has 1 amide bonds. The average molecular weight is 256 g/mol. The Bertz CT molecular complexity index is 581. The first-order valence-corrected chi connectivity index (χ1v) is 7.18. The first-order chi connectivity index (χ1) is 9.31. The third-order valence-corrected chi connectivity index (χ3v) is 4.19. The van der Waals surface area contributed by atoms with Crippen molar-refractivity contribution >= 4 is 16.8 Å². The van der Waals surface area contributed by atoms with Crippen LogP contribution in [0, 0.1) is 0 Å². The Balaban J connectivity index is 1.93. The van der Waals surface area contributed by atoms with E-state index < -0.39 is 0 Å². The summed E-state index contributed by atoms with van der Waals surface area (Å²) in [5.41, 5.74) is 1.85. The van der Waals surface area contributed by atoms with E-state index in [0.29, 0.717) is 6.04 Å². The molecule has 2 aromatic rings. The number of carbonyl (C=O) groups excluding carboxylic acids is 1. The lowest BCUT2D eigenvalue weighted by Gasteiger charge is -2.27. The summed E-state index contributed by atoms with van der Waals surface area (Å²) in [4.78, 5) is 18.0. The fraction of sp³-hybridized carbons (Fsp3) is 0.438. The van der Waals surface area contributed by atoms with Gasteiger partial charge in [0.1, 0.15) is 0 Å². The third kappa shape index (κ3) is 2.14. The SMILES string of the molecule is CCN(C(=O)c1c[nH]c2ccccc12)C1CCCC1. The Morgan fingerprint density at radius 1 is 1.32 bits per heavy atom. The zero-order valence-corrected chi connectivity index (χ0v) is 11.4. The van der Waals surface area contributed by atoms with Gasteiger partial charge in [-0.3, -0.25) is 4.79 Å². The Morgan fingerprint density at radius 2 is 2.05 bits per heavy atom. The van der Waals surface area contributed by atoms with E-state index in [9.17, 15) is 4.79 Å². The fourth-order valence-electron chi connectivity index (χ4n) is 3.19. The molecule has 1 N–H and O–H groups in total. The molecule has 0 aliphatic heterocycles. The molecule has 1 heterocycles. The Morgan fingerprint density at radius 3 is 2.79 bits per heavy atom. The number of amides is 1. The minimum absolute atomic E-state index is 0.173. The van der Waals surface area contributed by atoms with Crippen molar-refractivity contribution < 1.29 is 4.79 Å². The molecule has 1 aromatic carbocycles. The van der Waals surface area contributed by atoms with Crippen molar-refractivity contribution in [2.45, 2.75) is 38.6 Å². The molecule has 0 radical (unpaired) electrons. The maximum Gasteiger partial charge on any atom is 0.256 e. The quantitative estimate of drug-likeness (QED) is 0.895. The maximum absolute atomic E-state index is 12.7. The van der Waals surface area contributed by atoms with Crippen molar-refractivity contribution in [2.75, 3.05) is 6.54 Å². The van der Waals surface area contributed by atoms with Crippen LogP contribution in [0.2, 0.25) is 0 Å². The third-order valence-electron chi connectivity index (χ3n) is 4.19. The molecule has 1 aromatic heterocycles. The number of hydrogen-bond acceptors (Lipinski definition) is 1. The highest BCUT2D eigenvalue weighted by atomic mass is 16.2. The molecular formula is C16H20N2O. The monoisotopic (exact) mass is 256 g/mol. The van der Waals surface area contributed by atoms with Crippen LogP contribution in [-0.2, 0) is 0 Å². The molecule has 0 atom stereocenters. The predicted octanol–water partition coefficient (Wildman–Crippen LogP) is 3.57. The van der Waals surface area contributed by atoms with Crippen LogP contribution in [0.4, 0.5) is 0 Å². The van der Waals surface area contributed by atoms with Crippen molar-refractivity contribution in [2.24, 2.45) is 0 Å². The normalized spacial score (nSPS) is 16.1. The molecule has 0 spiro atoms. The summed E-state index contributed by atoms with van der Waals surface area (Å²) in [5.74, 6) is 0.173. The highest BCUT2D eigenvalue weighted by Gasteiger charge is 2.27. The number of rotatable bonds is 3. The standard InChI is InChI=1S/C16H20N2O/c1-2-18(12-7-3-4-8-12)16(19)14-11-17-15-10-6-5-9-13(14)15/h5-6,9-12,17H,2-4,7-8H2,1H3. The summed E-state index contributed by atoms with van der Waals surface area (Å²) < 4.78 is 0. The van der Waals surface area contributed by atoms with Gasteiger partial charge in [-0.1, -0.05) is 31.0 Å². The van der Waals surface area contributed by atoms with Gasteiger partial charge in [-0.15, -0.1) is 0 Å². The van der Waals surface area contributed by atoms with Gasteiger partial charge in [-0.2, -0.15) is 0 Å². The Hall–Kier alpha value is -1.77. The van der Waals surface area contributed by atoms with Crippen molar-refractivity contribution in [1.82, 2.24) is 9.88 Å². The van der Waals surface area contributed by atoms with E-state index in [1.54, 1.807) is 0 Å². The van der Waals surface area contributed by atoms with Crippen molar-refractivity contribution in [3.63, 3.8) is 0 Å². The lowest BCUT2D eigenvalue weighted by molar-refractivity contribution is 0.0695. The number of hydrogen-bond donors (Lipinski definition) is 1. The number of aromatic nitrogens is 1. The molecule has 1 saturated carbocycles. The van der Waals surface area contributed by atoms with Crippen molar-refractivity contribution in [3.05, 3.63) is 36.0 Å². The van der Waals surface area contributed by atoms with E-state index in [1.165, 1.54) is 12.8 Å². The number of nitrogens with zero attached hydrogens (tertiary/aromatic N) is 1.